The van der Waals surface area contributed by atoms with Gasteiger partial charge in [0.25, 0.3) is 0 Å². The summed E-state index contributed by atoms with van der Waals surface area (Å²) in [5.41, 5.74) is 0.501. The van der Waals surface area contributed by atoms with Crippen molar-refractivity contribution in [2.75, 3.05) is 20.6 Å². The zero-order valence-corrected chi connectivity index (χ0v) is 12.1. The van der Waals surface area contributed by atoms with Crippen LogP contribution in [0.2, 0.25) is 0 Å². The van der Waals surface area contributed by atoms with Gasteiger partial charge in [0.15, 0.2) is 0 Å². The fraction of sp³-hybridized carbons (Fsp3) is 0.364. The van der Waals surface area contributed by atoms with Crippen molar-refractivity contribution in [3.05, 3.63) is 34.1 Å². The lowest BCUT2D eigenvalue weighted by Gasteiger charge is -2.17. The molecule has 0 aliphatic carbocycles. The van der Waals surface area contributed by atoms with Crippen molar-refractivity contribution >= 4 is 34.2 Å². The monoisotopic (exact) mass is 324 g/mol. The van der Waals surface area contributed by atoms with E-state index in [1.54, 1.807) is 26.2 Å². The molecule has 96 valence electrons. The molecule has 0 spiro atoms. The number of likely N-dealkylation sites (N-methyl/N-ethyl adjacent to an activating group) is 2. The van der Waals surface area contributed by atoms with Crippen molar-refractivity contribution in [2.24, 2.45) is 0 Å². The van der Waals surface area contributed by atoms with Crippen LogP contribution in [0.4, 0.5) is 4.39 Å². The minimum Gasteiger partial charge on any atom is -0.340 e. The van der Waals surface area contributed by atoms with Gasteiger partial charge in [0.2, 0.25) is 5.91 Å². The van der Waals surface area contributed by atoms with Gasteiger partial charge < -0.3 is 10.2 Å². The Bertz CT molecular complexity index is 390. The van der Waals surface area contributed by atoms with Crippen LogP contribution in [-0.2, 0) is 11.3 Å². The van der Waals surface area contributed by atoms with Gasteiger partial charge in [-0.3, -0.25) is 4.79 Å². The summed E-state index contributed by atoms with van der Waals surface area (Å²) in [7, 11) is 3.35. The van der Waals surface area contributed by atoms with Gasteiger partial charge in [-0.25, -0.2) is 4.39 Å². The molecule has 0 unspecified atom stereocenters. The Kier molecular flexibility index (Phi) is 7.34. The number of carbonyl (C=O) groups excluding carboxylic acids is 1. The Morgan fingerprint density at radius 1 is 1.53 bits per heavy atom. The molecule has 6 heteroatoms. The highest BCUT2D eigenvalue weighted by Gasteiger charge is 2.10. The first-order valence-corrected chi connectivity index (χ1v) is 5.66. The number of halogens is 3. The van der Waals surface area contributed by atoms with Gasteiger partial charge in [-0.2, -0.15) is 0 Å². The first-order valence-electron chi connectivity index (χ1n) is 4.87. The predicted octanol–water partition coefficient (Wildman–Crippen LogP) is 2.19. The lowest BCUT2D eigenvalue weighted by Crippen LogP contribution is -2.33. The number of benzene rings is 1. The van der Waals surface area contributed by atoms with Crippen LogP contribution in [0, 0.1) is 5.82 Å². The molecule has 0 heterocycles. The molecule has 0 bridgehead atoms. The first kappa shape index (κ1) is 16.4. The summed E-state index contributed by atoms with van der Waals surface area (Å²) >= 11 is 3.27. The average molecular weight is 326 g/mol. The molecule has 0 saturated carbocycles. The second kappa shape index (κ2) is 7.63. The molecule has 0 aliphatic rings. The average Bonchev–Trinajstić information content (AvgIpc) is 2.23. The molecule has 1 amide bonds. The topological polar surface area (TPSA) is 32.3 Å². The molecule has 1 rings (SSSR count). The first-order chi connectivity index (χ1) is 7.54. The van der Waals surface area contributed by atoms with Crippen LogP contribution in [0.25, 0.3) is 0 Å². The van der Waals surface area contributed by atoms with Crippen LogP contribution in [0.1, 0.15) is 5.56 Å². The number of carbonyl (C=O) groups is 1. The third kappa shape index (κ3) is 5.02. The third-order valence-corrected chi connectivity index (χ3v) is 2.66. The molecule has 1 aromatic rings. The van der Waals surface area contributed by atoms with E-state index < -0.39 is 0 Å². The van der Waals surface area contributed by atoms with E-state index in [0.717, 1.165) is 4.47 Å². The summed E-state index contributed by atoms with van der Waals surface area (Å²) < 4.78 is 14.2. The maximum absolute atomic E-state index is 13.4. The fourth-order valence-corrected chi connectivity index (χ4v) is 1.70. The van der Waals surface area contributed by atoms with Crippen LogP contribution >= 0.6 is 28.3 Å². The van der Waals surface area contributed by atoms with Crippen molar-refractivity contribution in [2.45, 2.75) is 6.54 Å². The number of nitrogens with zero attached hydrogens (tertiary/aromatic N) is 1. The van der Waals surface area contributed by atoms with Crippen LogP contribution < -0.4 is 5.32 Å². The number of rotatable bonds is 4. The van der Waals surface area contributed by atoms with E-state index in [4.69, 9.17) is 0 Å². The maximum atomic E-state index is 13.4. The van der Waals surface area contributed by atoms with Crippen molar-refractivity contribution in [3.8, 4) is 0 Å². The Morgan fingerprint density at radius 3 is 2.76 bits per heavy atom. The van der Waals surface area contributed by atoms with Crippen LogP contribution in [0.15, 0.2) is 22.7 Å². The van der Waals surface area contributed by atoms with Gasteiger partial charge in [0.05, 0.1) is 6.54 Å². The molecule has 17 heavy (non-hydrogen) atoms. The van der Waals surface area contributed by atoms with E-state index in [1.165, 1.54) is 11.0 Å². The normalized spacial score (nSPS) is 9.65. The summed E-state index contributed by atoms with van der Waals surface area (Å²) in [4.78, 5) is 13.0. The summed E-state index contributed by atoms with van der Waals surface area (Å²) in [6.07, 6.45) is 0. The van der Waals surface area contributed by atoms with Crippen molar-refractivity contribution in [1.29, 1.82) is 0 Å². The minimum absolute atomic E-state index is 0. The van der Waals surface area contributed by atoms with E-state index in [1.807, 2.05) is 0 Å². The van der Waals surface area contributed by atoms with E-state index in [2.05, 4.69) is 21.2 Å². The van der Waals surface area contributed by atoms with Gasteiger partial charge in [0.1, 0.15) is 5.82 Å². The highest BCUT2D eigenvalue weighted by molar-refractivity contribution is 9.10. The lowest BCUT2D eigenvalue weighted by atomic mass is 10.2. The van der Waals surface area contributed by atoms with Crippen molar-refractivity contribution < 1.29 is 9.18 Å². The SMILES string of the molecule is CNCC(=O)N(C)Cc1cc(Br)ccc1F.Cl. The summed E-state index contributed by atoms with van der Waals surface area (Å²) in [6.45, 7) is 0.526. The zero-order chi connectivity index (χ0) is 12.1. The molecule has 0 aromatic heterocycles. The van der Waals surface area contributed by atoms with E-state index in [-0.39, 0.29) is 37.2 Å². The minimum atomic E-state index is -0.299. The van der Waals surface area contributed by atoms with Gasteiger partial charge in [-0.15, -0.1) is 12.4 Å². The Labute approximate surface area is 115 Å². The van der Waals surface area contributed by atoms with E-state index in [9.17, 15) is 9.18 Å². The summed E-state index contributed by atoms with van der Waals surface area (Å²) in [5, 5.41) is 2.77. The maximum Gasteiger partial charge on any atom is 0.236 e. The predicted molar refractivity (Wildman–Crippen MR) is 71.7 cm³/mol. The second-order valence-corrected chi connectivity index (χ2v) is 4.43. The van der Waals surface area contributed by atoms with Gasteiger partial charge in [-0.1, -0.05) is 15.9 Å². The molecule has 0 atom stereocenters. The van der Waals surface area contributed by atoms with Crippen LogP contribution in [0.5, 0.6) is 0 Å². The van der Waals surface area contributed by atoms with Gasteiger partial charge >= 0.3 is 0 Å². The molecule has 0 radical (unpaired) electrons. The smallest absolute Gasteiger partial charge is 0.236 e. The van der Waals surface area contributed by atoms with Gasteiger partial charge in [0, 0.05) is 23.6 Å². The molecule has 0 aliphatic heterocycles. The highest BCUT2D eigenvalue weighted by atomic mass is 79.9. The standard InChI is InChI=1S/C11H14BrFN2O.ClH/c1-14-6-11(16)15(2)7-8-5-9(12)3-4-10(8)13;/h3-5,14H,6-7H2,1-2H3;1H. The molecule has 3 nitrogen and oxygen atoms in total. The molecule has 0 saturated heterocycles. The second-order valence-electron chi connectivity index (χ2n) is 3.52. The van der Waals surface area contributed by atoms with Crippen LogP contribution in [0.3, 0.4) is 0 Å². The van der Waals surface area contributed by atoms with Crippen molar-refractivity contribution in [1.82, 2.24) is 10.2 Å². The van der Waals surface area contributed by atoms with E-state index >= 15 is 0 Å². The molecule has 1 N–H and O–H groups in total. The molecular formula is C11H15BrClFN2O. The summed E-state index contributed by atoms with van der Waals surface area (Å²) in [5.74, 6) is -0.366. The number of amides is 1. The quantitative estimate of drug-likeness (QED) is 0.920. The zero-order valence-electron chi connectivity index (χ0n) is 9.67. The van der Waals surface area contributed by atoms with Gasteiger partial charge in [-0.05, 0) is 25.2 Å². The lowest BCUT2D eigenvalue weighted by molar-refractivity contribution is -0.129. The molecular weight excluding hydrogens is 310 g/mol. The van der Waals surface area contributed by atoms with E-state index in [0.29, 0.717) is 5.56 Å². The van der Waals surface area contributed by atoms with Crippen molar-refractivity contribution in [3.63, 3.8) is 0 Å². The Balaban J connectivity index is 0.00000256. The Hall–Kier alpha value is -0.650. The Morgan fingerprint density at radius 2 is 2.18 bits per heavy atom. The van der Waals surface area contributed by atoms with Crippen LogP contribution in [-0.4, -0.2) is 31.4 Å². The third-order valence-electron chi connectivity index (χ3n) is 2.17. The fourth-order valence-electron chi connectivity index (χ4n) is 1.29. The number of hydrogen-bond acceptors (Lipinski definition) is 2. The molecule has 0 fully saturated rings. The largest absolute Gasteiger partial charge is 0.340 e. The highest BCUT2D eigenvalue weighted by Crippen LogP contribution is 2.16. The number of nitrogens with one attached hydrogen (secondary N) is 1. The number of hydrogen-bond donors (Lipinski definition) is 1. The summed E-state index contributed by atoms with van der Waals surface area (Å²) in [6, 6.07) is 4.70. The molecule has 1 aromatic carbocycles.